The van der Waals surface area contributed by atoms with Crippen molar-refractivity contribution in [3.63, 3.8) is 0 Å². The molecule has 1 aliphatic heterocycles. The average molecular weight is 343 g/mol. The molecule has 0 bridgehead atoms. The van der Waals surface area contributed by atoms with Gasteiger partial charge in [0.2, 0.25) is 15.9 Å². The number of carbonyl (C=O) groups is 1. The number of nitrogens with two attached hydrogens (primary N) is 1. The fourth-order valence-corrected chi connectivity index (χ4v) is 3.87. The number of nitrogens with zero attached hydrogens (tertiary/aromatic N) is 2. The number of amides is 1. The van der Waals surface area contributed by atoms with E-state index in [4.69, 9.17) is 15.2 Å². The monoisotopic (exact) mass is 343 g/mol. The second-order valence-corrected chi connectivity index (χ2v) is 6.94. The van der Waals surface area contributed by atoms with E-state index in [-0.39, 0.29) is 30.4 Å². The van der Waals surface area contributed by atoms with Crippen molar-refractivity contribution < 1.29 is 22.7 Å². The highest BCUT2D eigenvalue weighted by molar-refractivity contribution is 7.89. The van der Waals surface area contributed by atoms with E-state index in [9.17, 15) is 13.2 Å². The third-order valence-electron chi connectivity index (χ3n) is 3.76. The smallest absolute Gasteiger partial charge is 0.243 e. The van der Waals surface area contributed by atoms with Crippen molar-refractivity contribution in [3.05, 3.63) is 18.2 Å². The standard InChI is InChI=1S/C14H21N3O5S/c1-21-12-4-3-11(9-13(12)22-2)23(19,20)17-7-5-16(6-8-17)14(18)10-15/h3-4,9H,5-8,10,15H2,1-2H3. The van der Waals surface area contributed by atoms with Gasteiger partial charge in [0.25, 0.3) is 0 Å². The van der Waals surface area contributed by atoms with Crippen LogP contribution in [-0.2, 0) is 14.8 Å². The van der Waals surface area contributed by atoms with Gasteiger partial charge in [-0.3, -0.25) is 4.79 Å². The lowest BCUT2D eigenvalue weighted by Crippen LogP contribution is -2.51. The van der Waals surface area contributed by atoms with Crippen molar-refractivity contribution >= 4 is 15.9 Å². The molecule has 2 N–H and O–H groups in total. The summed E-state index contributed by atoms with van der Waals surface area (Å²) in [6, 6.07) is 4.47. The third-order valence-corrected chi connectivity index (χ3v) is 5.65. The van der Waals surface area contributed by atoms with E-state index in [1.807, 2.05) is 0 Å². The lowest BCUT2D eigenvalue weighted by molar-refractivity contribution is -0.130. The molecule has 1 aromatic carbocycles. The fraction of sp³-hybridized carbons (Fsp3) is 0.500. The Morgan fingerprint density at radius 1 is 1.13 bits per heavy atom. The van der Waals surface area contributed by atoms with Crippen molar-refractivity contribution in [1.29, 1.82) is 0 Å². The largest absolute Gasteiger partial charge is 0.493 e. The molecule has 0 atom stereocenters. The molecule has 0 unspecified atom stereocenters. The lowest BCUT2D eigenvalue weighted by atomic mass is 10.3. The Labute approximate surface area is 135 Å². The van der Waals surface area contributed by atoms with Crippen LogP contribution in [0.1, 0.15) is 0 Å². The van der Waals surface area contributed by atoms with E-state index in [0.717, 1.165) is 0 Å². The minimum absolute atomic E-state index is 0.0670. The number of hydrogen-bond acceptors (Lipinski definition) is 6. The summed E-state index contributed by atoms with van der Waals surface area (Å²) in [7, 11) is -0.711. The summed E-state index contributed by atoms with van der Waals surface area (Å²) in [6.45, 7) is 1.08. The van der Waals surface area contributed by atoms with E-state index >= 15 is 0 Å². The summed E-state index contributed by atoms with van der Waals surface area (Å²) in [5.41, 5.74) is 5.32. The summed E-state index contributed by atoms with van der Waals surface area (Å²) in [5, 5.41) is 0. The number of piperazine rings is 1. The number of methoxy groups -OCH3 is 2. The van der Waals surface area contributed by atoms with Gasteiger partial charge >= 0.3 is 0 Å². The summed E-state index contributed by atoms with van der Waals surface area (Å²) >= 11 is 0. The Hall–Kier alpha value is -1.84. The van der Waals surface area contributed by atoms with Crippen LogP contribution < -0.4 is 15.2 Å². The summed E-state index contributed by atoms with van der Waals surface area (Å²) in [4.78, 5) is 13.3. The molecule has 0 spiro atoms. The molecule has 1 aromatic rings. The van der Waals surface area contributed by atoms with Crippen LogP contribution in [0.2, 0.25) is 0 Å². The molecule has 1 heterocycles. The molecule has 9 heteroatoms. The van der Waals surface area contributed by atoms with Crippen molar-refractivity contribution in [2.45, 2.75) is 4.90 Å². The topological polar surface area (TPSA) is 102 Å². The number of carbonyl (C=O) groups excluding carboxylic acids is 1. The summed E-state index contributed by atoms with van der Waals surface area (Å²) in [6.07, 6.45) is 0. The highest BCUT2D eigenvalue weighted by Crippen LogP contribution is 2.30. The quantitative estimate of drug-likeness (QED) is 0.773. The Morgan fingerprint density at radius 2 is 1.74 bits per heavy atom. The molecule has 128 valence electrons. The first kappa shape index (κ1) is 17.5. The summed E-state index contributed by atoms with van der Waals surface area (Å²) in [5.74, 6) is 0.642. The van der Waals surface area contributed by atoms with Crippen LogP contribution in [0.3, 0.4) is 0 Å². The molecule has 1 fully saturated rings. The van der Waals surface area contributed by atoms with Crippen molar-refractivity contribution in [2.24, 2.45) is 5.73 Å². The number of sulfonamides is 1. The van der Waals surface area contributed by atoms with Crippen molar-refractivity contribution in [2.75, 3.05) is 46.9 Å². The lowest BCUT2D eigenvalue weighted by Gasteiger charge is -2.33. The third kappa shape index (κ3) is 3.57. The Bertz CT molecular complexity index is 669. The second-order valence-electron chi connectivity index (χ2n) is 5.01. The van der Waals surface area contributed by atoms with Crippen LogP contribution in [0.15, 0.2) is 23.1 Å². The maximum absolute atomic E-state index is 12.7. The highest BCUT2D eigenvalue weighted by Gasteiger charge is 2.30. The minimum Gasteiger partial charge on any atom is -0.493 e. The summed E-state index contributed by atoms with van der Waals surface area (Å²) < 4.78 is 37.0. The zero-order valence-corrected chi connectivity index (χ0v) is 14.0. The molecule has 0 radical (unpaired) electrons. The molecule has 2 rings (SSSR count). The van der Waals surface area contributed by atoms with Crippen LogP contribution in [0.25, 0.3) is 0 Å². The highest BCUT2D eigenvalue weighted by atomic mass is 32.2. The molecule has 1 amide bonds. The second kappa shape index (κ2) is 7.16. The van der Waals surface area contributed by atoms with Gasteiger partial charge in [0.15, 0.2) is 11.5 Å². The first-order valence-corrected chi connectivity index (χ1v) is 8.58. The van der Waals surface area contributed by atoms with Crippen molar-refractivity contribution in [3.8, 4) is 11.5 Å². The predicted octanol–water partition coefficient (Wildman–Crippen LogP) is -0.505. The van der Waals surface area contributed by atoms with Crippen molar-refractivity contribution in [1.82, 2.24) is 9.21 Å². The maximum atomic E-state index is 12.7. The average Bonchev–Trinajstić information content (AvgIpc) is 2.60. The zero-order chi connectivity index (χ0) is 17.0. The van der Waals surface area contributed by atoms with Gasteiger partial charge in [-0.1, -0.05) is 0 Å². The van der Waals surface area contributed by atoms with E-state index in [1.54, 1.807) is 11.0 Å². The van der Waals surface area contributed by atoms with Crippen LogP contribution in [-0.4, -0.2) is 70.5 Å². The molecule has 0 aliphatic carbocycles. The van der Waals surface area contributed by atoms with Crippen LogP contribution in [0.5, 0.6) is 11.5 Å². The molecule has 0 aromatic heterocycles. The normalized spacial score (nSPS) is 16.2. The Morgan fingerprint density at radius 3 is 2.26 bits per heavy atom. The molecular formula is C14H21N3O5S. The van der Waals surface area contributed by atoms with Gasteiger partial charge in [0.1, 0.15) is 0 Å². The van der Waals surface area contributed by atoms with Crippen LogP contribution >= 0.6 is 0 Å². The Kier molecular flexibility index (Phi) is 5.45. The van der Waals surface area contributed by atoms with Gasteiger partial charge in [-0.15, -0.1) is 0 Å². The molecular weight excluding hydrogens is 322 g/mol. The number of hydrogen-bond donors (Lipinski definition) is 1. The Balaban J connectivity index is 2.18. The first-order valence-electron chi connectivity index (χ1n) is 7.14. The zero-order valence-electron chi connectivity index (χ0n) is 13.2. The number of benzene rings is 1. The van der Waals surface area contributed by atoms with Crippen LogP contribution in [0.4, 0.5) is 0 Å². The van der Waals surface area contributed by atoms with E-state index in [1.165, 1.54) is 30.7 Å². The maximum Gasteiger partial charge on any atom is 0.243 e. The van der Waals surface area contributed by atoms with E-state index < -0.39 is 10.0 Å². The molecule has 1 aliphatic rings. The fourth-order valence-electron chi connectivity index (χ4n) is 2.43. The van der Waals surface area contributed by atoms with Gasteiger partial charge < -0.3 is 20.1 Å². The molecule has 1 saturated heterocycles. The van der Waals surface area contributed by atoms with Gasteiger partial charge in [-0.2, -0.15) is 4.31 Å². The van der Waals surface area contributed by atoms with Crippen LogP contribution in [0, 0.1) is 0 Å². The minimum atomic E-state index is -3.65. The van der Waals surface area contributed by atoms with Gasteiger partial charge in [-0.05, 0) is 12.1 Å². The van der Waals surface area contributed by atoms with E-state index in [0.29, 0.717) is 24.6 Å². The molecule has 0 saturated carbocycles. The first-order chi connectivity index (χ1) is 10.9. The van der Waals surface area contributed by atoms with E-state index in [2.05, 4.69) is 0 Å². The number of rotatable bonds is 5. The number of ether oxygens (including phenoxy) is 2. The van der Waals surface area contributed by atoms with Gasteiger partial charge in [0, 0.05) is 32.2 Å². The SMILES string of the molecule is COc1ccc(S(=O)(=O)N2CCN(C(=O)CN)CC2)cc1OC. The van der Waals surface area contributed by atoms with Gasteiger partial charge in [-0.25, -0.2) is 8.42 Å². The molecule has 8 nitrogen and oxygen atoms in total. The molecule has 23 heavy (non-hydrogen) atoms. The predicted molar refractivity (Wildman–Crippen MR) is 83.9 cm³/mol. The van der Waals surface area contributed by atoms with Gasteiger partial charge in [0.05, 0.1) is 25.7 Å².